The molecule has 1 aromatic carbocycles. The lowest BCUT2D eigenvalue weighted by molar-refractivity contribution is -0.384. The Kier molecular flexibility index (Phi) is 4.76. The normalized spacial score (nSPS) is 15.6. The molecule has 1 fully saturated rings. The van der Waals surface area contributed by atoms with Crippen LogP contribution in [0.4, 0.5) is 11.4 Å². The van der Waals surface area contributed by atoms with E-state index < -0.39 is 4.92 Å². The van der Waals surface area contributed by atoms with E-state index in [1.165, 1.54) is 12.1 Å². The summed E-state index contributed by atoms with van der Waals surface area (Å²) in [5.74, 6) is 0.623. The van der Waals surface area contributed by atoms with Crippen molar-refractivity contribution >= 4 is 23.0 Å². The zero-order chi connectivity index (χ0) is 16.2. The highest BCUT2D eigenvalue weighted by Gasteiger charge is 2.22. The van der Waals surface area contributed by atoms with Gasteiger partial charge in [-0.25, -0.2) is 0 Å². The van der Waals surface area contributed by atoms with E-state index in [1.807, 2.05) is 18.3 Å². The Labute approximate surface area is 140 Å². The summed E-state index contributed by atoms with van der Waals surface area (Å²) < 4.78 is 0. The maximum absolute atomic E-state index is 10.8. The second-order valence-corrected chi connectivity index (χ2v) is 6.26. The Bertz CT molecular complexity index is 685. The predicted molar refractivity (Wildman–Crippen MR) is 91.0 cm³/mol. The van der Waals surface area contributed by atoms with Gasteiger partial charge in [0.1, 0.15) is 0 Å². The van der Waals surface area contributed by atoms with Crippen molar-refractivity contribution in [2.45, 2.75) is 19.3 Å². The van der Waals surface area contributed by atoms with Crippen molar-refractivity contribution in [3.05, 3.63) is 63.4 Å². The standard InChI is InChI=1S/C17H18ClN3O2/c18-16-12-15(21(22)23)4-5-17(16)20-9-6-13(7-10-20)11-14-3-1-2-8-19-14/h1-5,8,12-13H,6-7,9-11H2. The van der Waals surface area contributed by atoms with Crippen LogP contribution in [-0.2, 0) is 6.42 Å². The summed E-state index contributed by atoms with van der Waals surface area (Å²) in [6.07, 6.45) is 4.98. The van der Waals surface area contributed by atoms with Crippen molar-refractivity contribution in [2.24, 2.45) is 5.92 Å². The molecule has 0 aliphatic carbocycles. The molecule has 5 nitrogen and oxygen atoms in total. The number of nitro benzene ring substituents is 1. The largest absolute Gasteiger partial charge is 0.370 e. The molecule has 1 aliphatic rings. The molecule has 120 valence electrons. The Hall–Kier alpha value is -2.14. The second-order valence-electron chi connectivity index (χ2n) is 5.85. The molecule has 0 amide bonds. The first kappa shape index (κ1) is 15.7. The monoisotopic (exact) mass is 331 g/mol. The Morgan fingerprint density at radius 3 is 2.65 bits per heavy atom. The first-order valence-electron chi connectivity index (χ1n) is 7.72. The molecule has 0 N–H and O–H groups in total. The number of aromatic nitrogens is 1. The molecule has 1 saturated heterocycles. The summed E-state index contributed by atoms with van der Waals surface area (Å²) in [5, 5.41) is 11.2. The maximum atomic E-state index is 10.8. The van der Waals surface area contributed by atoms with Crippen molar-refractivity contribution < 1.29 is 4.92 Å². The minimum Gasteiger partial charge on any atom is -0.370 e. The lowest BCUT2D eigenvalue weighted by Gasteiger charge is -2.34. The van der Waals surface area contributed by atoms with Gasteiger partial charge in [-0.1, -0.05) is 17.7 Å². The number of nitro groups is 1. The lowest BCUT2D eigenvalue weighted by Crippen LogP contribution is -2.34. The first-order chi connectivity index (χ1) is 11.1. The molecule has 23 heavy (non-hydrogen) atoms. The van der Waals surface area contributed by atoms with Crippen LogP contribution in [0.3, 0.4) is 0 Å². The average Bonchev–Trinajstić information content (AvgIpc) is 2.56. The highest BCUT2D eigenvalue weighted by molar-refractivity contribution is 6.33. The summed E-state index contributed by atoms with van der Waals surface area (Å²) in [6.45, 7) is 1.82. The number of hydrogen-bond donors (Lipinski definition) is 0. The van der Waals surface area contributed by atoms with E-state index in [1.54, 1.807) is 6.07 Å². The summed E-state index contributed by atoms with van der Waals surface area (Å²) in [6, 6.07) is 10.7. The highest BCUT2D eigenvalue weighted by Crippen LogP contribution is 2.33. The van der Waals surface area contributed by atoms with Crippen molar-refractivity contribution in [3.63, 3.8) is 0 Å². The van der Waals surface area contributed by atoms with E-state index in [-0.39, 0.29) is 5.69 Å². The third kappa shape index (κ3) is 3.79. The number of anilines is 1. The molecule has 6 heteroatoms. The van der Waals surface area contributed by atoms with Gasteiger partial charge in [0.05, 0.1) is 15.6 Å². The second kappa shape index (κ2) is 6.96. The van der Waals surface area contributed by atoms with Gasteiger partial charge < -0.3 is 4.90 Å². The van der Waals surface area contributed by atoms with E-state index in [9.17, 15) is 10.1 Å². The zero-order valence-corrected chi connectivity index (χ0v) is 13.4. The van der Waals surface area contributed by atoms with E-state index in [0.717, 1.165) is 43.7 Å². The van der Waals surface area contributed by atoms with E-state index in [4.69, 9.17) is 11.6 Å². The molecule has 1 aliphatic heterocycles. The number of hydrogen-bond acceptors (Lipinski definition) is 4. The van der Waals surface area contributed by atoms with Crippen LogP contribution in [0.15, 0.2) is 42.6 Å². The third-order valence-electron chi connectivity index (χ3n) is 4.32. The predicted octanol–water partition coefficient (Wildman–Crippen LogP) is 4.10. The smallest absolute Gasteiger partial charge is 0.271 e. The van der Waals surface area contributed by atoms with Crippen molar-refractivity contribution in [2.75, 3.05) is 18.0 Å². The van der Waals surface area contributed by atoms with E-state index in [2.05, 4.69) is 16.0 Å². The van der Waals surface area contributed by atoms with Gasteiger partial charge in [-0.2, -0.15) is 0 Å². The molecule has 0 radical (unpaired) electrons. The van der Waals surface area contributed by atoms with E-state index >= 15 is 0 Å². The SMILES string of the molecule is O=[N+]([O-])c1ccc(N2CCC(Cc3ccccn3)CC2)c(Cl)c1. The fourth-order valence-electron chi connectivity index (χ4n) is 3.06. The van der Waals surface area contributed by atoms with Crippen LogP contribution in [-0.4, -0.2) is 23.0 Å². The van der Waals surface area contributed by atoms with Crippen LogP contribution in [0.2, 0.25) is 5.02 Å². The Morgan fingerprint density at radius 1 is 1.26 bits per heavy atom. The van der Waals surface area contributed by atoms with E-state index in [0.29, 0.717) is 10.9 Å². The topological polar surface area (TPSA) is 59.3 Å². The van der Waals surface area contributed by atoms with Crippen LogP contribution < -0.4 is 4.90 Å². The van der Waals surface area contributed by atoms with Gasteiger partial charge in [0.15, 0.2) is 0 Å². The number of benzene rings is 1. The summed E-state index contributed by atoms with van der Waals surface area (Å²) in [7, 11) is 0. The molecule has 0 spiro atoms. The lowest BCUT2D eigenvalue weighted by atomic mass is 9.91. The molecular formula is C17H18ClN3O2. The number of pyridine rings is 1. The van der Waals surface area contributed by atoms with Gasteiger partial charge in [0.2, 0.25) is 0 Å². The molecule has 1 aromatic heterocycles. The molecule has 2 aromatic rings. The van der Waals surface area contributed by atoms with Gasteiger partial charge in [0, 0.05) is 37.1 Å². The first-order valence-corrected chi connectivity index (χ1v) is 8.10. The van der Waals surface area contributed by atoms with Gasteiger partial charge in [0.25, 0.3) is 5.69 Å². The Balaban J connectivity index is 1.62. The quantitative estimate of drug-likeness (QED) is 0.625. The van der Waals surface area contributed by atoms with Crippen molar-refractivity contribution in [1.82, 2.24) is 4.98 Å². The van der Waals surface area contributed by atoms with Crippen LogP contribution in [0.5, 0.6) is 0 Å². The van der Waals surface area contributed by atoms with Gasteiger partial charge in [-0.3, -0.25) is 15.1 Å². The molecule has 0 bridgehead atoms. The molecule has 0 unspecified atom stereocenters. The minimum atomic E-state index is -0.422. The Morgan fingerprint density at radius 2 is 2.04 bits per heavy atom. The molecule has 0 saturated carbocycles. The van der Waals surface area contributed by atoms with Gasteiger partial charge in [-0.15, -0.1) is 0 Å². The number of piperidine rings is 1. The van der Waals surface area contributed by atoms with Gasteiger partial charge in [-0.05, 0) is 43.4 Å². The summed E-state index contributed by atoms with van der Waals surface area (Å²) in [5.41, 5.74) is 2.05. The summed E-state index contributed by atoms with van der Waals surface area (Å²) in [4.78, 5) is 17.0. The average molecular weight is 332 g/mol. The third-order valence-corrected chi connectivity index (χ3v) is 4.62. The number of rotatable bonds is 4. The van der Waals surface area contributed by atoms with Crippen molar-refractivity contribution in [1.29, 1.82) is 0 Å². The molecule has 0 atom stereocenters. The minimum absolute atomic E-state index is 0.0313. The van der Waals surface area contributed by atoms with Crippen LogP contribution in [0.1, 0.15) is 18.5 Å². The molecular weight excluding hydrogens is 314 g/mol. The number of non-ortho nitro benzene ring substituents is 1. The van der Waals surface area contributed by atoms with Crippen LogP contribution in [0.25, 0.3) is 0 Å². The number of nitrogens with zero attached hydrogens (tertiary/aromatic N) is 3. The highest BCUT2D eigenvalue weighted by atomic mass is 35.5. The summed E-state index contributed by atoms with van der Waals surface area (Å²) >= 11 is 6.22. The maximum Gasteiger partial charge on any atom is 0.271 e. The molecule has 3 rings (SSSR count). The zero-order valence-electron chi connectivity index (χ0n) is 12.7. The van der Waals surface area contributed by atoms with Gasteiger partial charge >= 0.3 is 0 Å². The van der Waals surface area contributed by atoms with Crippen LogP contribution in [0, 0.1) is 16.0 Å². The fraction of sp³-hybridized carbons (Fsp3) is 0.353. The molecule has 2 heterocycles. The van der Waals surface area contributed by atoms with Crippen molar-refractivity contribution in [3.8, 4) is 0 Å². The number of halogens is 1. The fourth-order valence-corrected chi connectivity index (χ4v) is 3.35. The van der Waals surface area contributed by atoms with Crippen LogP contribution >= 0.6 is 11.6 Å².